The lowest BCUT2D eigenvalue weighted by Crippen LogP contribution is -2.80. The molecule has 33 heavy (non-hydrogen) atoms. The quantitative estimate of drug-likeness (QED) is 0.629. The third-order valence-electron chi connectivity index (χ3n) is 8.11. The van der Waals surface area contributed by atoms with Gasteiger partial charge in [0.2, 0.25) is 0 Å². The number of H-pyrrole nitrogens is 1. The number of rotatable bonds is 5. The van der Waals surface area contributed by atoms with Gasteiger partial charge in [0.1, 0.15) is 0 Å². The van der Waals surface area contributed by atoms with Crippen LogP contribution in [0.5, 0.6) is 11.5 Å². The molecule has 1 aliphatic heterocycles. The summed E-state index contributed by atoms with van der Waals surface area (Å²) in [5.41, 5.74) is 3.52. The van der Waals surface area contributed by atoms with Crippen LogP contribution in [0.3, 0.4) is 0 Å². The molecule has 6 rings (SSSR count). The third-order valence-corrected chi connectivity index (χ3v) is 8.70. The van der Waals surface area contributed by atoms with Crippen molar-refractivity contribution in [3.63, 3.8) is 0 Å². The second-order valence-electron chi connectivity index (χ2n) is 10.4. The Morgan fingerprint density at radius 1 is 1.15 bits per heavy atom. The first kappa shape index (κ1) is 22.5. The molecule has 1 unspecified atom stereocenters. The van der Waals surface area contributed by atoms with Crippen LogP contribution >= 0.6 is 15.9 Å². The largest absolute Gasteiger partial charge is 0.448 e. The molecule has 1 amide bonds. The first-order valence-electron chi connectivity index (χ1n) is 11.3. The maximum Gasteiger partial charge on any atom is 0.254 e. The van der Waals surface area contributed by atoms with Gasteiger partial charge in [0, 0.05) is 41.4 Å². The van der Waals surface area contributed by atoms with E-state index in [4.69, 9.17) is 9.47 Å². The van der Waals surface area contributed by atoms with Gasteiger partial charge in [0.15, 0.2) is 11.5 Å². The predicted octanol–water partition coefficient (Wildman–Crippen LogP) is 3.96. The lowest BCUT2D eigenvalue weighted by molar-refractivity contribution is -0.325. The van der Waals surface area contributed by atoms with E-state index in [-0.39, 0.29) is 29.0 Å². The molecule has 0 saturated heterocycles. The van der Waals surface area contributed by atoms with E-state index >= 15 is 0 Å². The highest BCUT2D eigenvalue weighted by Gasteiger charge is 2.78. The normalized spacial score (nSPS) is 29.0. The second kappa shape index (κ2) is 7.09. The minimum atomic E-state index is -0.748. The minimum Gasteiger partial charge on any atom is -0.448 e. The van der Waals surface area contributed by atoms with Gasteiger partial charge in [-0.3, -0.25) is 9.59 Å². The van der Waals surface area contributed by atoms with Gasteiger partial charge in [0.05, 0.1) is 9.89 Å². The first-order valence-corrected chi connectivity index (χ1v) is 12.1. The number of nitrogens with one attached hydrogen (secondary N) is 2. The number of aromatic nitrogens is 1. The predicted molar refractivity (Wildman–Crippen MR) is 129 cm³/mol. The van der Waals surface area contributed by atoms with Crippen molar-refractivity contribution in [3.8, 4) is 11.5 Å². The average Bonchev–Trinajstić information content (AvgIpc) is 3.00. The van der Waals surface area contributed by atoms with E-state index in [0.717, 1.165) is 36.1 Å². The van der Waals surface area contributed by atoms with Crippen molar-refractivity contribution in [2.75, 3.05) is 14.1 Å². The molecular weight excluding hydrogens is 486 g/mol. The summed E-state index contributed by atoms with van der Waals surface area (Å²) < 4.78 is 13.6. The number of carbonyl (C=O) groups is 1. The molecule has 1 atom stereocenters. The van der Waals surface area contributed by atoms with Gasteiger partial charge in [-0.05, 0) is 87.8 Å². The van der Waals surface area contributed by atoms with Crippen LogP contribution in [0.1, 0.15) is 58.9 Å². The van der Waals surface area contributed by atoms with Crippen molar-refractivity contribution in [1.82, 2.24) is 15.2 Å². The molecule has 2 N–H and O–H groups in total. The number of fused-ring (bicyclic) bond motifs is 1. The number of hydrogen-bond acceptors (Lipinski definition) is 5. The Bertz CT molecular complexity index is 1230. The molecule has 7 nitrogen and oxygen atoms in total. The fourth-order valence-corrected chi connectivity index (χ4v) is 6.33. The fraction of sp³-hybridized carbons (Fsp3) is 0.520. The number of aromatic amines is 1. The summed E-state index contributed by atoms with van der Waals surface area (Å²) in [5, 5.41) is 2.89. The molecule has 4 aliphatic rings. The summed E-state index contributed by atoms with van der Waals surface area (Å²) >= 11 is 3.58. The number of carbonyl (C=O) groups excluding carboxylic acids is 1. The lowest BCUT2D eigenvalue weighted by atomic mass is 9.36. The monoisotopic (exact) mass is 515 g/mol. The van der Waals surface area contributed by atoms with E-state index in [1.807, 2.05) is 33.8 Å². The van der Waals surface area contributed by atoms with E-state index in [2.05, 4.69) is 45.2 Å². The molecule has 2 heterocycles. The van der Waals surface area contributed by atoms with Crippen molar-refractivity contribution in [2.24, 2.45) is 5.41 Å². The lowest BCUT2D eigenvalue weighted by Gasteiger charge is -2.75. The van der Waals surface area contributed by atoms with Crippen LogP contribution in [0.4, 0.5) is 0 Å². The van der Waals surface area contributed by atoms with E-state index < -0.39 is 5.79 Å². The SMILES string of the molecule is Cc1cc(C)c(CNC(=O)c2cc(Br)c3c(c2C)OC(C)(C24CC(N(C)C)(C2)C4)O3)c(=O)[nH]1. The van der Waals surface area contributed by atoms with E-state index in [0.29, 0.717) is 27.1 Å². The summed E-state index contributed by atoms with van der Waals surface area (Å²) in [4.78, 5) is 30.5. The van der Waals surface area contributed by atoms with Crippen molar-refractivity contribution in [3.05, 3.63) is 54.9 Å². The first-order chi connectivity index (χ1) is 15.4. The summed E-state index contributed by atoms with van der Waals surface area (Å²) in [5.74, 6) is 0.262. The molecule has 1 aromatic carbocycles. The zero-order valence-corrected chi connectivity index (χ0v) is 21.5. The topological polar surface area (TPSA) is 83.7 Å². The van der Waals surface area contributed by atoms with Crippen molar-refractivity contribution >= 4 is 21.8 Å². The van der Waals surface area contributed by atoms with Crippen LogP contribution in [0.25, 0.3) is 0 Å². The number of halogens is 1. The van der Waals surface area contributed by atoms with Crippen LogP contribution in [0.15, 0.2) is 21.4 Å². The molecule has 0 radical (unpaired) electrons. The Kier molecular flexibility index (Phi) is 4.83. The van der Waals surface area contributed by atoms with Crippen LogP contribution in [0.2, 0.25) is 0 Å². The van der Waals surface area contributed by atoms with Gasteiger partial charge in [-0.25, -0.2) is 0 Å². The number of amides is 1. The van der Waals surface area contributed by atoms with Gasteiger partial charge in [0.25, 0.3) is 17.3 Å². The maximum atomic E-state index is 13.1. The summed E-state index contributed by atoms with van der Waals surface area (Å²) in [7, 11) is 4.27. The van der Waals surface area contributed by atoms with Crippen LogP contribution in [0, 0.1) is 26.2 Å². The van der Waals surface area contributed by atoms with Crippen LogP contribution in [-0.2, 0) is 6.54 Å². The number of aryl methyl sites for hydroxylation is 2. The zero-order chi connectivity index (χ0) is 23.9. The number of benzene rings is 1. The molecule has 2 bridgehead atoms. The summed E-state index contributed by atoms with van der Waals surface area (Å²) in [6.07, 6.45) is 3.14. The molecule has 3 aliphatic carbocycles. The van der Waals surface area contributed by atoms with Crippen LogP contribution < -0.4 is 20.3 Å². The third kappa shape index (κ3) is 3.10. The Balaban J connectivity index is 1.37. The Labute approximate surface area is 202 Å². The highest BCUT2D eigenvalue weighted by molar-refractivity contribution is 9.10. The standard InChI is InChI=1S/C25H30BrN3O4/c1-13-7-14(2)28-22(31)17(13)9-27-21(30)16-8-18(26)20-19(15(16)3)32-23(4,33-20)24-10-25(11-24,12-24)29(5)6/h7-8H,9-12H2,1-6H3,(H,27,30)(H,28,31). The second-order valence-corrected chi connectivity index (χ2v) is 11.2. The number of ether oxygens (including phenoxy) is 2. The Hall–Kier alpha value is -2.32. The Morgan fingerprint density at radius 2 is 1.79 bits per heavy atom. The van der Waals surface area contributed by atoms with E-state index in [9.17, 15) is 9.59 Å². The smallest absolute Gasteiger partial charge is 0.254 e. The highest BCUT2D eigenvalue weighted by atomic mass is 79.9. The Morgan fingerprint density at radius 3 is 2.39 bits per heavy atom. The van der Waals surface area contributed by atoms with E-state index in [1.165, 1.54) is 0 Å². The van der Waals surface area contributed by atoms with Gasteiger partial charge in [-0.1, -0.05) is 0 Å². The average molecular weight is 516 g/mol. The number of pyridine rings is 1. The zero-order valence-electron chi connectivity index (χ0n) is 19.9. The summed E-state index contributed by atoms with van der Waals surface area (Å²) in [6.45, 7) is 7.76. The molecule has 0 spiro atoms. The molecule has 2 aromatic rings. The van der Waals surface area contributed by atoms with E-state index in [1.54, 1.807) is 6.07 Å². The van der Waals surface area contributed by atoms with Crippen molar-refractivity contribution < 1.29 is 14.3 Å². The molecule has 8 heteroatoms. The molecule has 1 aromatic heterocycles. The number of nitrogens with zero attached hydrogens (tertiary/aromatic N) is 1. The van der Waals surface area contributed by atoms with Gasteiger partial charge in [-0.15, -0.1) is 0 Å². The van der Waals surface area contributed by atoms with Crippen molar-refractivity contribution in [1.29, 1.82) is 0 Å². The van der Waals surface area contributed by atoms with Crippen LogP contribution in [-0.4, -0.2) is 41.2 Å². The van der Waals surface area contributed by atoms with Gasteiger partial charge >= 0.3 is 0 Å². The fourth-order valence-electron chi connectivity index (χ4n) is 5.84. The number of hydrogen-bond donors (Lipinski definition) is 2. The summed E-state index contributed by atoms with van der Waals surface area (Å²) in [6, 6.07) is 3.67. The molecule has 3 saturated carbocycles. The van der Waals surface area contributed by atoms with Gasteiger partial charge in [-0.2, -0.15) is 0 Å². The molecule has 3 fully saturated rings. The highest BCUT2D eigenvalue weighted by Crippen LogP contribution is 2.75. The molecular formula is C25H30BrN3O4. The maximum absolute atomic E-state index is 13.1. The van der Waals surface area contributed by atoms with Gasteiger partial charge < -0.3 is 24.7 Å². The molecule has 176 valence electrons. The van der Waals surface area contributed by atoms with Crippen molar-refractivity contribution in [2.45, 2.75) is 64.8 Å². The minimum absolute atomic E-state index is 0.00537.